The standard InChI is InChI=1S/C18H29NO2/c1-15(2)13-19-14-18(9-4-10-18)11-12-21-17-7-5-16(20-3)6-8-17/h5-8,15,19H,4,9-14H2,1-3H3. The van der Waals surface area contributed by atoms with Gasteiger partial charge in [-0.3, -0.25) is 0 Å². The summed E-state index contributed by atoms with van der Waals surface area (Å²) in [6.07, 6.45) is 5.18. The van der Waals surface area contributed by atoms with Gasteiger partial charge in [-0.15, -0.1) is 0 Å². The normalized spacial score (nSPS) is 16.6. The van der Waals surface area contributed by atoms with Crippen molar-refractivity contribution in [3.05, 3.63) is 24.3 Å². The number of rotatable bonds is 9. The zero-order valence-electron chi connectivity index (χ0n) is 13.7. The highest BCUT2D eigenvalue weighted by Gasteiger charge is 2.36. The van der Waals surface area contributed by atoms with Crippen LogP contribution >= 0.6 is 0 Å². The molecule has 1 N–H and O–H groups in total. The topological polar surface area (TPSA) is 30.5 Å². The van der Waals surface area contributed by atoms with Crippen LogP contribution in [0.15, 0.2) is 24.3 Å². The molecule has 0 spiro atoms. The van der Waals surface area contributed by atoms with Crippen molar-refractivity contribution in [1.82, 2.24) is 5.32 Å². The van der Waals surface area contributed by atoms with Crippen LogP contribution in [0.4, 0.5) is 0 Å². The Morgan fingerprint density at radius 3 is 2.33 bits per heavy atom. The molecule has 21 heavy (non-hydrogen) atoms. The summed E-state index contributed by atoms with van der Waals surface area (Å²) in [5.74, 6) is 2.52. The molecule has 0 radical (unpaired) electrons. The molecule has 0 heterocycles. The van der Waals surface area contributed by atoms with Gasteiger partial charge >= 0.3 is 0 Å². The maximum atomic E-state index is 5.88. The lowest BCUT2D eigenvalue weighted by atomic mass is 9.66. The predicted molar refractivity (Wildman–Crippen MR) is 87.1 cm³/mol. The van der Waals surface area contributed by atoms with Gasteiger partial charge in [0.25, 0.3) is 0 Å². The van der Waals surface area contributed by atoms with E-state index in [0.29, 0.717) is 5.41 Å². The van der Waals surface area contributed by atoms with E-state index in [1.165, 1.54) is 19.3 Å². The Labute approximate surface area is 129 Å². The fraction of sp³-hybridized carbons (Fsp3) is 0.667. The lowest BCUT2D eigenvalue weighted by Gasteiger charge is -2.42. The van der Waals surface area contributed by atoms with E-state index in [1.54, 1.807) is 7.11 Å². The van der Waals surface area contributed by atoms with E-state index < -0.39 is 0 Å². The first-order valence-electron chi connectivity index (χ1n) is 8.11. The van der Waals surface area contributed by atoms with E-state index in [0.717, 1.165) is 43.5 Å². The molecule has 2 rings (SSSR count). The van der Waals surface area contributed by atoms with Gasteiger partial charge in [-0.05, 0) is 61.4 Å². The fourth-order valence-corrected chi connectivity index (χ4v) is 2.88. The third kappa shape index (κ3) is 4.92. The van der Waals surface area contributed by atoms with Gasteiger partial charge in [0.15, 0.2) is 0 Å². The first-order chi connectivity index (χ1) is 10.1. The van der Waals surface area contributed by atoms with Gasteiger partial charge in [0, 0.05) is 6.54 Å². The minimum Gasteiger partial charge on any atom is -0.497 e. The summed E-state index contributed by atoms with van der Waals surface area (Å²) in [6, 6.07) is 7.84. The molecule has 118 valence electrons. The summed E-state index contributed by atoms with van der Waals surface area (Å²) >= 11 is 0. The smallest absolute Gasteiger partial charge is 0.119 e. The van der Waals surface area contributed by atoms with Crippen molar-refractivity contribution in [2.24, 2.45) is 11.3 Å². The van der Waals surface area contributed by atoms with E-state index in [2.05, 4.69) is 19.2 Å². The van der Waals surface area contributed by atoms with Gasteiger partial charge in [0.05, 0.1) is 13.7 Å². The highest BCUT2D eigenvalue weighted by molar-refractivity contribution is 5.31. The first kappa shape index (κ1) is 16.2. The number of hydrogen-bond acceptors (Lipinski definition) is 3. The maximum absolute atomic E-state index is 5.88. The average molecular weight is 291 g/mol. The van der Waals surface area contributed by atoms with Crippen molar-refractivity contribution < 1.29 is 9.47 Å². The molecule has 0 unspecified atom stereocenters. The molecule has 0 amide bonds. The summed E-state index contributed by atoms with van der Waals surface area (Å²) in [5, 5.41) is 3.62. The molecule has 1 aliphatic rings. The summed E-state index contributed by atoms with van der Waals surface area (Å²) in [4.78, 5) is 0. The number of ether oxygens (including phenoxy) is 2. The van der Waals surface area contributed by atoms with Crippen molar-refractivity contribution >= 4 is 0 Å². The lowest BCUT2D eigenvalue weighted by molar-refractivity contribution is 0.0912. The van der Waals surface area contributed by atoms with Crippen LogP contribution in [-0.4, -0.2) is 26.8 Å². The number of hydrogen-bond donors (Lipinski definition) is 1. The molecule has 1 saturated carbocycles. The van der Waals surface area contributed by atoms with Crippen molar-refractivity contribution in [3.63, 3.8) is 0 Å². The van der Waals surface area contributed by atoms with Crippen LogP contribution in [-0.2, 0) is 0 Å². The maximum Gasteiger partial charge on any atom is 0.119 e. The second kappa shape index (κ2) is 7.69. The molecule has 1 fully saturated rings. The third-order valence-electron chi connectivity index (χ3n) is 4.43. The summed E-state index contributed by atoms with van der Waals surface area (Å²) in [5.41, 5.74) is 0.474. The Kier molecular flexibility index (Phi) is 5.92. The molecule has 1 aliphatic carbocycles. The molecule has 0 aromatic heterocycles. The predicted octanol–water partition coefficient (Wildman–Crippen LogP) is 3.88. The van der Waals surface area contributed by atoms with E-state index in [-0.39, 0.29) is 0 Å². The van der Waals surface area contributed by atoms with E-state index in [4.69, 9.17) is 9.47 Å². The summed E-state index contributed by atoms with van der Waals surface area (Å²) in [6.45, 7) is 7.56. The van der Waals surface area contributed by atoms with Gasteiger partial charge in [0.2, 0.25) is 0 Å². The Hall–Kier alpha value is -1.22. The van der Waals surface area contributed by atoms with Crippen molar-refractivity contribution in [2.45, 2.75) is 39.5 Å². The monoisotopic (exact) mass is 291 g/mol. The summed E-state index contributed by atoms with van der Waals surface area (Å²) < 4.78 is 11.0. The van der Waals surface area contributed by atoms with Crippen LogP contribution in [0.1, 0.15) is 39.5 Å². The lowest BCUT2D eigenvalue weighted by Crippen LogP contribution is -2.42. The largest absolute Gasteiger partial charge is 0.497 e. The third-order valence-corrected chi connectivity index (χ3v) is 4.43. The Morgan fingerprint density at radius 1 is 1.14 bits per heavy atom. The zero-order valence-corrected chi connectivity index (χ0v) is 13.7. The molecular weight excluding hydrogens is 262 g/mol. The Balaban J connectivity index is 1.72. The highest BCUT2D eigenvalue weighted by atomic mass is 16.5. The second-order valence-corrected chi connectivity index (χ2v) is 6.65. The van der Waals surface area contributed by atoms with Gasteiger partial charge in [-0.25, -0.2) is 0 Å². The molecular formula is C18H29NO2. The van der Waals surface area contributed by atoms with Crippen LogP contribution in [0.2, 0.25) is 0 Å². The van der Waals surface area contributed by atoms with Crippen LogP contribution in [0.3, 0.4) is 0 Å². The van der Waals surface area contributed by atoms with Gasteiger partial charge in [-0.2, -0.15) is 0 Å². The molecule has 3 heteroatoms. The minimum atomic E-state index is 0.474. The number of methoxy groups -OCH3 is 1. The number of nitrogens with one attached hydrogen (secondary N) is 1. The van der Waals surface area contributed by atoms with Crippen molar-refractivity contribution in [1.29, 1.82) is 0 Å². The highest BCUT2D eigenvalue weighted by Crippen LogP contribution is 2.43. The first-order valence-corrected chi connectivity index (χ1v) is 8.11. The van der Waals surface area contributed by atoms with Crippen LogP contribution < -0.4 is 14.8 Å². The molecule has 0 atom stereocenters. The van der Waals surface area contributed by atoms with Crippen LogP contribution in [0, 0.1) is 11.3 Å². The molecule has 3 nitrogen and oxygen atoms in total. The molecule has 0 bridgehead atoms. The number of benzene rings is 1. The van der Waals surface area contributed by atoms with E-state index in [9.17, 15) is 0 Å². The van der Waals surface area contributed by atoms with E-state index in [1.807, 2.05) is 24.3 Å². The average Bonchev–Trinajstić information content (AvgIpc) is 2.44. The minimum absolute atomic E-state index is 0.474. The molecule has 1 aromatic carbocycles. The molecule has 0 saturated heterocycles. The van der Waals surface area contributed by atoms with Gasteiger partial charge < -0.3 is 14.8 Å². The SMILES string of the molecule is COc1ccc(OCCC2(CNCC(C)C)CCC2)cc1. The Morgan fingerprint density at radius 2 is 1.81 bits per heavy atom. The van der Waals surface area contributed by atoms with Crippen molar-refractivity contribution in [3.8, 4) is 11.5 Å². The molecule has 1 aromatic rings. The fourth-order valence-electron chi connectivity index (χ4n) is 2.88. The zero-order chi connectivity index (χ0) is 15.1. The van der Waals surface area contributed by atoms with Gasteiger partial charge in [0.1, 0.15) is 11.5 Å². The molecule has 0 aliphatic heterocycles. The second-order valence-electron chi connectivity index (χ2n) is 6.65. The quantitative estimate of drug-likeness (QED) is 0.749. The van der Waals surface area contributed by atoms with E-state index >= 15 is 0 Å². The van der Waals surface area contributed by atoms with Crippen LogP contribution in [0.25, 0.3) is 0 Å². The van der Waals surface area contributed by atoms with Gasteiger partial charge in [-0.1, -0.05) is 20.3 Å². The van der Waals surface area contributed by atoms with Crippen LogP contribution in [0.5, 0.6) is 11.5 Å². The van der Waals surface area contributed by atoms with Crippen molar-refractivity contribution in [2.75, 3.05) is 26.8 Å². The summed E-state index contributed by atoms with van der Waals surface area (Å²) in [7, 11) is 1.68. The Bertz CT molecular complexity index is 410.